The average Bonchev–Trinajstić information content (AvgIpc) is 3.17. The van der Waals surface area contributed by atoms with Crippen LogP contribution in [0, 0.1) is 0 Å². The number of aliphatic hydroxyl groups excluding tert-OH is 1. The van der Waals surface area contributed by atoms with Crippen molar-refractivity contribution in [3.05, 3.63) is 88.7 Å². The number of aliphatic hydroxyl groups is 1. The molecule has 2 aliphatic rings. The molecule has 0 fully saturated rings. The summed E-state index contributed by atoms with van der Waals surface area (Å²) >= 11 is 0. The molecule has 0 saturated heterocycles. The second-order valence-corrected chi connectivity index (χ2v) is 11.9. The van der Waals surface area contributed by atoms with Gasteiger partial charge in [0.15, 0.2) is 0 Å². The number of hydrogen-bond acceptors (Lipinski definition) is 3. The van der Waals surface area contributed by atoms with Crippen LogP contribution in [0.2, 0.25) is 12.1 Å². The summed E-state index contributed by atoms with van der Waals surface area (Å²) in [5.41, 5.74) is 8.25. The van der Waals surface area contributed by atoms with E-state index in [4.69, 9.17) is 9.47 Å². The molecule has 0 atom stereocenters. The SMILES string of the molecule is CC[Si](CC)=C1Cc2ccccc2C(C2c3ccc(OC)cc3-c3cc(OC)ccc32)=C1O.[Cl-].[Cl-].[Ti+2]. The number of rotatable bonds is 5. The number of halogens is 2. The van der Waals surface area contributed by atoms with Crippen molar-refractivity contribution in [1.82, 2.24) is 0 Å². The van der Waals surface area contributed by atoms with Crippen molar-refractivity contribution >= 4 is 19.2 Å². The quantitative estimate of drug-likeness (QED) is 0.456. The largest absolute Gasteiger partial charge is 2.00 e. The monoisotopic (exact) mass is 572 g/mol. The van der Waals surface area contributed by atoms with Gasteiger partial charge in [0, 0.05) is 19.9 Å². The van der Waals surface area contributed by atoms with E-state index in [-0.39, 0.29) is 52.4 Å². The van der Waals surface area contributed by atoms with Gasteiger partial charge in [0.05, 0.1) is 14.2 Å². The fourth-order valence-electron chi connectivity index (χ4n) is 5.54. The van der Waals surface area contributed by atoms with Crippen LogP contribution in [0.1, 0.15) is 42.0 Å². The van der Waals surface area contributed by atoms with Crippen molar-refractivity contribution in [3.63, 3.8) is 0 Å². The third-order valence-electron chi connectivity index (χ3n) is 7.22. The van der Waals surface area contributed by atoms with Gasteiger partial charge in [-0.1, -0.05) is 50.2 Å². The van der Waals surface area contributed by atoms with Crippen LogP contribution in [-0.2, 0) is 28.1 Å². The van der Waals surface area contributed by atoms with Gasteiger partial charge in [-0.25, -0.2) is 0 Å². The van der Waals surface area contributed by atoms with E-state index < -0.39 is 8.41 Å². The molecular weight excluding hydrogens is 543 g/mol. The molecule has 0 saturated carbocycles. The van der Waals surface area contributed by atoms with Crippen LogP contribution in [0.25, 0.3) is 16.7 Å². The minimum atomic E-state index is -0.781. The van der Waals surface area contributed by atoms with E-state index in [2.05, 4.69) is 62.4 Å². The molecule has 0 spiro atoms. The molecule has 3 aromatic rings. The van der Waals surface area contributed by atoms with E-state index in [1.165, 1.54) is 27.4 Å². The van der Waals surface area contributed by atoms with Gasteiger partial charge in [-0.15, -0.1) is 0 Å². The zero-order chi connectivity index (χ0) is 23.1. The first kappa shape index (κ1) is 30.4. The predicted molar refractivity (Wildman–Crippen MR) is 138 cm³/mol. The maximum atomic E-state index is 11.8. The smallest absolute Gasteiger partial charge is 1.00 e. The Hall–Kier alpha value is -1.82. The van der Waals surface area contributed by atoms with Crippen molar-refractivity contribution in [1.29, 1.82) is 0 Å². The normalized spacial score (nSPS) is 13.4. The van der Waals surface area contributed by atoms with Crippen LogP contribution in [0.3, 0.4) is 0 Å². The number of benzene rings is 3. The molecule has 0 heterocycles. The fourth-order valence-corrected chi connectivity index (χ4v) is 7.80. The van der Waals surface area contributed by atoms with Gasteiger partial charge in [0.1, 0.15) is 17.3 Å². The van der Waals surface area contributed by atoms with E-state index in [1.807, 2.05) is 12.1 Å². The van der Waals surface area contributed by atoms with Gasteiger partial charge in [-0.2, -0.15) is 0 Å². The number of methoxy groups -OCH3 is 2. The van der Waals surface area contributed by atoms with E-state index in [9.17, 15) is 5.11 Å². The zero-order valence-corrected chi connectivity index (χ0v) is 25.1. The molecule has 0 aromatic heterocycles. The third kappa shape index (κ3) is 4.99. The Labute approximate surface area is 242 Å². The van der Waals surface area contributed by atoms with E-state index >= 15 is 0 Å². The third-order valence-corrected chi connectivity index (χ3v) is 10.2. The second kappa shape index (κ2) is 12.6. The number of ether oxygens (including phenoxy) is 2. The molecule has 0 radical (unpaired) electrons. The molecule has 186 valence electrons. The summed E-state index contributed by atoms with van der Waals surface area (Å²) in [6.45, 7) is 4.52. The van der Waals surface area contributed by atoms with Crippen molar-refractivity contribution in [2.24, 2.45) is 0 Å². The summed E-state index contributed by atoms with van der Waals surface area (Å²) < 4.78 is 11.1. The Kier molecular flexibility index (Phi) is 10.7. The first-order chi connectivity index (χ1) is 16.1. The molecule has 0 bridgehead atoms. The van der Waals surface area contributed by atoms with E-state index in [0.29, 0.717) is 5.76 Å². The van der Waals surface area contributed by atoms with Gasteiger partial charge in [-0.3, -0.25) is 0 Å². The van der Waals surface area contributed by atoms with Gasteiger partial charge >= 0.3 is 21.7 Å². The van der Waals surface area contributed by atoms with Gasteiger partial charge in [-0.05, 0) is 81.3 Å². The minimum Gasteiger partial charge on any atom is -1.00 e. The Morgan fingerprint density at radius 3 is 1.83 bits per heavy atom. The predicted octanol–water partition coefficient (Wildman–Crippen LogP) is 0.636. The number of fused-ring (bicyclic) bond motifs is 4. The summed E-state index contributed by atoms with van der Waals surface area (Å²) in [5, 5.41) is 13.1. The van der Waals surface area contributed by atoms with Crippen LogP contribution in [-0.4, -0.2) is 32.9 Å². The number of allylic oxidation sites excluding steroid dienone is 2. The maximum Gasteiger partial charge on any atom is 2.00 e. The van der Waals surface area contributed by atoms with Gasteiger partial charge < -0.3 is 39.4 Å². The molecule has 0 unspecified atom stereocenters. The summed E-state index contributed by atoms with van der Waals surface area (Å²) in [5.74, 6) is 2.17. The van der Waals surface area contributed by atoms with Crippen LogP contribution in [0.5, 0.6) is 11.5 Å². The maximum absolute atomic E-state index is 11.8. The van der Waals surface area contributed by atoms with Crippen molar-refractivity contribution < 1.29 is 61.1 Å². The van der Waals surface area contributed by atoms with Crippen molar-refractivity contribution in [2.45, 2.75) is 38.3 Å². The molecule has 3 nitrogen and oxygen atoms in total. The molecule has 2 aliphatic carbocycles. The summed E-state index contributed by atoms with van der Waals surface area (Å²) in [7, 11) is 2.62. The zero-order valence-electron chi connectivity index (χ0n) is 21.0. The second-order valence-electron chi connectivity index (χ2n) is 8.72. The summed E-state index contributed by atoms with van der Waals surface area (Å²) in [6, 6.07) is 23.5. The standard InChI is InChI=1S/C29H30O3Si.2ClH.Ti/c1-5-33(6-2)26-15-18-9-7-8-10-21(18)28(29(26)30)27-22-13-11-19(31-3)16-24(22)25-17-20(32-4)12-14-23(25)27;;;/h7-14,16-17,27,30H,5-6,15H2,1-4H3;2*1H;/q;;;+2/p-2. The van der Waals surface area contributed by atoms with E-state index in [1.54, 1.807) is 14.2 Å². The molecule has 36 heavy (non-hydrogen) atoms. The van der Waals surface area contributed by atoms with E-state index in [0.717, 1.165) is 46.7 Å². The van der Waals surface area contributed by atoms with Crippen molar-refractivity contribution in [3.8, 4) is 22.6 Å². The Bertz CT molecular complexity index is 1260. The molecular formula is C29H30Cl2O3SiTi. The van der Waals surface area contributed by atoms with Gasteiger partial charge in [0.25, 0.3) is 0 Å². The Morgan fingerprint density at radius 2 is 1.33 bits per heavy atom. The van der Waals surface area contributed by atoms with Crippen LogP contribution in [0.4, 0.5) is 0 Å². The van der Waals surface area contributed by atoms with Crippen LogP contribution >= 0.6 is 0 Å². The molecule has 3 aromatic carbocycles. The van der Waals surface area contributed by atoms with Crippen LogP contribution in [0.15, 0.2) is 66.4 Å². The minimum absolute atomic E-state index is 0. The molecule has 1 N–H and O–H groups in total. The number of hydrogen-bond donors (Lipinski definition) is 1. The Morgan fingerprint density at radius 1 is 0.806 bits per heavy atom. The molecule has 5 rings (SSSR count). The summed E-state index contributed by atoms with van der Waals surface area (Å²) in [6.07, 6.45) is 0.860. The van der Waals surface area contributed by atoms with Crippen molar-refractivity contribution in [2.75, 3.05) is 14.2 Å². The average molecular weight is 573 g/mol. The molecule has 0 amide bonds. The Balaban J connectivity index is 0.00000152. The van der Waals surface area contributed by atoms with Crippen LogP contribution < -0.4 is 34.3 Å². The molecule has 7 heteroatoms. The molecule has 0 aliphatic heterocycles. The topological polar surface area (TPSA) is 38.7 Å². The first-order valence-electron chi connectivity index (χ1n) is 11.7. The first-order valence-corrected chi connectivity index (χ1v) is 13.6. The summed E-state index contributed by atoms with van der Waals surface area (Å²) in [4.78, 5) is 0. The van der Waals surface area contributed by atoms with Gasteiger partial charge in [0.2, 0.25) is 0 Å². The fraction of sp³-hybridized carbons (Fsp3) is 0.276.